The minimum atomic E-state index is -5.30. The van der Waals surface area contributed by atoms with Gasteiger partial charge in [0.15, 0.2) is 17.7 Å². The molecule has 0 aromatic heterocycles. The van der Waals surface area contributed by atoms with Gasteiger partial charge < -0.3 is 92.7 Å². The van der Waals surface area contributed by atoms with E-state index in [1.54, 1.807) is 0 Å². The fourth-order valence-corrected chi connectivity index (χ4v) is 7.77. The minimum absolute atomic E-state index is 0.508. The summed E-state index contributed by atoms with van der Waals surface area (Å²) >= 11 is 0. The van der Waals surface area contributed by atoms with Crippen molar-refractivity contribution in [1.29, 1.82) is 0 Å². The zero-order chi connectivity index (χ0) is 48.3. The average Bonchev–Trinajstić information content (AvgIpc) is 3.74. The molecule has 18 N–H and O–H groups in total. The Balaban J connectivity index is 1.88. The number of nitrogens with zero attached hydrogens (tertiary/aromatic N) is 2. The van der Waals surface area contributed by atoms with Gasteiger partial charge in [-0.25, -0.2) is 0 Å². The van der Waals surface area contributed by atoms with E-state index in [4.69, 9.17) is 16.0 Å². The molecule has 28 nitrogen and oxygen atoms in total. The number of carbonyl (C=O) groups is 7. The summed E-state index contributed by atoms with van der Waals surface area (Å²) < 4.78 is 36.2. The highest BCUT2D eigenvalue weighted by Gasteiger charge is 2.50. The van der Waals surface area contributed by atoms with Gasteiger partial charge in [-0.1, -0.05) is 13.0 Å². The SMILES string of the molecule is C[C@@H](O)[C@@H]1NC(=O)[C@@H](N)C[C@@H](O)[C@@H](O)NC(=O)[C@H]2[C@@H](O)[C@@H](C)CN2C(=O)[C@H]([C@H](O)CC(N)=O)NC(=O)[C@H]([C@H](O)[C@@H](O)c2ccc(O)c(OS(=O)(=O)O)c2)NC(=O)[C@@H]2C[C@@H](O)CN2C1=O. The fourth-order valence-electron chi connectivity index (χ4n) is 7.41. The van der Waals surface area contributed by atoms with Gasteiger partial charge in [0.25, 0.3) is 0 Å². The number of hydrogen-bond acceptors (Lipinski definition) is 20. The molecule has 0 saturated carbocycles. The first kappa shape index (κ1) is 51.3. The van der Waals surface area contributed by atoms with E-state index in [0.717, 1.165) is 19.1 Å². The highest BCUT2D eigenvalue weighted by molar-refractivity contribution is 7.81. The number of aliphatic hydroxyl groups excluding tert-OH is 8. The molecule has 0 unspecified atom stereocenters. The molecule has 0 aliphatic carbocycles. The predicted molar refractivity (Wildman–Crippen MR) is 208 cm³/mol. The van der Waals surface area contributed by atoms with Crippen molar-refractivity contribution in [2.24, 2.45) is 17.4 Å². The summed E-state index contributed by atoms with van der Waals surface area (Å²) in [6, 6.07) is -10.2. The van der Waals surface area contributed by atoms with Crippen LogP contribution in [0.2, 0.25) is 0 Å². The topological polar surface area (TPSA) is 472 Å². The van der Waals surface area contributed by atoms with E-state index in [0.29, 0.717) is 15.9 Å². The molecule has 358 valence electrons. The molecule has 3 aliphatic heterocycles. The molecule has 15 atom stereocenters. The molecule has 7 amide bonds. The van der Waals surface area contributed by atoms with Crippen LogP contribution >= 0.6 is 0 Å². The van der Waals surface area contributed by atoms with E-state index in [1.165, 1.54) is 6.92 Å². The van der Waals surface area contributed by atoms with Gasteiger partial charge in [0.2, 0.25) is 41.4 Å². The zero-order valence-corrected chi connectivity index (χ0v) is 34.8. The normalized spacial score (nSPS) is 32.4. The summed E-state index contributed by atoms with van der Waals surface area (Å²) in [7, 11) is -5.30. The lowest BCUT2D eigenvalue weighted by Crippen LogP contribution is -2.64. The standard InChI is InChI=1S/C35H52N8O20S/c1-11-9-43-25(26(11)50)33(57)41-31(55)19(48)7-15(36)29(53)38-22(12(2)44)34(58)42-10-14(45)6-16(42)30(54)40-24(32(56)39-23(35(43)59)18(47)8-21(37)49)28(52)27(51)13-3-4-17(46)20(5-13)63-64(60,61)62/h3-5,11-12,14-16,18-19,22-28,31,44-48,50-52,55H,6-10,36H2,1-2H3,(H2,37,49)(H,38,53)(H,39,56)(H,40,54)(H,41,57)(H,60,61,62)/t11-,12+,14+,15-,16-,18+,19+,22-,23-,24-,25+,26-,27-,28-,31+/m0/s1. The molecule has 1 aromatic carbocycles. The van der Waals surface area contributed by atoms with E-state index in [9.17, 15) is 87.9 Å². The number of benzene rings is 1. The molecule has 1 aromatic rings. The third-order valence-corrected chi connectivity index (χ3v) is 11.2. The quantitative estimate of drug-likeness (QED) is 0.102. The molecule has 0 spiro atoms. The number of primary amides is 1. The second-order valence-corrected chi connectivity index (χ2v) is 16.8. The number of nitrogens with two attached hydrogens (primary N) is 2. The third kappa shape index (κ3) is 12.1. The van der Waals surface area contributed by atoms with Gasteiger partial charge in [-0.15, -0.1) is 0 Å². The number of aliphatic hydroxyl groups is 8. The Hall–Kier alpha value is -5.34. The van der Waals surface area contributed by atoms with Crippen LogP contribution in [0.15, 0.2) is 18.2 Å². The summed E-state index contributed by atoms with van der Waals surface area (Å²) in [5.41, 5.74) is 10.6. The largest absolute Gasteiger partial charge is 0.504 e. The summed E-state index contributed by atoms with van der Waals surface area (Å²) in [4.78, 5) is 96.6. The molecule has 64 heavy (non-hydrogen) atoms. The van der Waals surface area contributed by atoms with Crippen LogP contribution in [0.4, 0.5) is 0 Å². The lowest BCUT2D eigenvalue weighted by atomic mass is 9.96. The molecule has 0 radical (unpaired) electrons. The smallest absolute Gasteiger partial charge is 0.446 e. The second kappa shape index (κ2) is 20.7. The van der Waals surface area contributed by atoms with Crippen LogP contribution in [0.3, 0.4) is 0 Å². The number of hydrogen-bond donors (Lipinski definition) is 16. The number of nitrogens with one attached hydrogen (secondary N) is 4. The number of phenols is 1. The maximum absolute atomic E-state index is 14.3. The van der Waals surface area contributed by atoms with Crippen molar-refractivity contribution < 1.29 is 96.7 Å². The van der Waals surface area contributed by atoms with E-state index in [1.807, 2.05) is 10.6 Å². The Labute approximate surface area is 363 Å². The van der Waals surface area contributed by atoms with E-state index in [-0.39, 0.29) is 0 Å². The van der Waals surface area contributed by atoms with Crippen LogP contribution in [-0.4, -0.2) is 202 Å². The Morgan fingerprint density at radius 3 is 2.03 bits per heavy atom. The first-order valence-corrected chi connectivity index (χ1v) is 20.8. The van der Waals surface area contributed by atoms with Crippen molar-refractivity contribution in [3.05, 3.63) is 23.8 Å². The first-order valence-electron chi connectivity index (χ1n) is 19.4. The van der Waals surface area contributed by atoms with Crippen molar-refractivity contribution in [1.82, 2.24) is 31.1 Å². The van der Waals surface area contributed by atoms with Crippen molar-refractivity contribution in [2.45, 2.75) is 118 Å². The molecule has 3 heterocycles. The molecule has 29 heteroatoms. The summed E-state index contributed by atoms with van der Waals surface area (Å²) in [5.74, 6) is -12.4. The van der Waals surface area contributed by atoms with Gasteiger partial charge in [-0.3, -0.25) is 38.1 Å². The fraction of sp³-hybridized carbons (Fsp3) is 0.629. The zero-order valence-electron chi connectivity index (χ0n) is 33.9. The monoisotopic (exact) mass is 936 g/mol. The van der Waals surface area contributed by atoms with Crippen molar-refractivity contribution in [3.8, 4) is 11.5 Å². The molecule has 3 fully saturated rings. The number of rotatable bonds is 9. The first-order chi connectivity index (χ1) is 29.6. The minimum Gasteiger partial charge on any atom is -0.504 e. The molecular formula is C35H52N8O20S. The van der Waals surface area contributed by atoms with Crippen molar-refractivity contribution in [2.75, 3.05) is 13.1 Å². The van der Waals surface area contributed by atoms with Crippen molar-refractivity contribution >= 4 is 51.7 Å². The summed E-state index contributed by atoms with van der Waals surface area (Å²) in [5, 5.41) is 106. The number of aromatic hydroxyl groups is 1. The molecule has 4 rings (SSSR count). The lowest BCUT2D eigenvalue weighted by Gasteiger charge is -2.34. The van der Waals surface area contributed by atoms with Gasteiger partial charge in [0.1, 0.15) is 48.5 Å². The molecule has 0 bridgehead atoms. The third-order valence-electron chi connectivity index (χ3n) is 10.8. The van der Waals surface area contributed by atoms with Crippen molar-refractivity contribution in [3.63, 3.8) is 0 Å². The summed E-state index contributed by atoms with van der Waals surface area (Å²) in [6.07, 6.45) is -19.1. The summed E-state index contributed by atoms with van der Waals surface area (Å²) in [6.45, 7) is 1.26. The van der Waals surface area contributed by atoms with Crippen LogP contribution in [0.25, 0.3) is 0 Å². The Morgan fingerprint density at radius 1 is 0.844 bits per heavy atom. The lowest BCUT2D eigenvalue weighted by molar-refractivity contribution is -0.149. The second-order valence-electron chi connectivity index (χ2n) is 15.8. The van der Waals surface area contributed by atoms with Gasteiger partial charge >= 0.3 is 10.4 Å². The number of amides is 7. The molecular weight excluding hydrogens is 884 g/mol. The van der Waals surface area contributed by atoms with E-state index >= 15 is 0 Å². The number of phenolic OH excluding ortho intramolecular Hbond substituents is 1. The van der Waals surface area contributed by atoms with Crippen LogP contribution in [-0.2, 0) is 44.0 Å². The van der Waals surface area contributed by atoms with Crippen LogP contribution in [0, 0.1) is 5.92 Å². The van der Waals surface area contributed by atoms with Gasteiger partial charge in [-0.05, 0) is 24.6 Å². The van der Waals surface area contributed by atoms with E-state index in [2.05, 4.69) is 14.8 Å². The highest BCUT2D eigenvalue weighted by atomic mass is 32.3. The van der Waals surface area contributed by atoms with Gasteiger partial charge in [-0.2, -0.15) is 8.42 Å². The van der Waals surface area contributed by atoms with Gasteiger partial charge in [0.05, 0.1) is 36.9 Å². The highest BCUT2D eigenvalue weighted by Crippen LogP contribution is 2.32. The van der Waals surface area contributed by atoms with Crippen LogP contribution in [0.1, 0.15) is 44.8 Å². The number of fused-ring (bicyclic) bond motifs is 2. The Bertz CT molecular complexity index is 2060. The average molecular weight is 937 g/mol. The Kier molecular flexibility index (Phi) is 16.6. The van der Waals surface area contributed by atoms with Crippen LogP contribution < -0.4 is 36.9 Å². The van der Waals surface area contributed by atoms with Crippen LogP contribution in [0.5, 0.6) is 11.5 Å². The van der Waals surface area contributed by atoms with Gasteiger partial charge in [0, 0.05) is 31.8 Å². The maximum Gasteiger partial charge on any atom is 0.446 e. The Morgan fingerprint density at radius 2 is 1.44 bits per heavy atom. The van der Waals surface area contributed by atoms with E-state index < -0.39 is 192 Å². The molecule has 3 aliphatic rings. The molecule has 3 saturated heterocycles. The number of carbonyl (C=O) groups excluding carboxylic acids is 7. The predicted octanol–water partition coefficient (Wildman–Crippen LogP) is -9.26. The maximum atomic E-state index is 14.3.